The highest BCUT2D eigenvalue weighted by Gasteiger charge is 2.13. The van der Waals surface area contributed by atoms with E-state index in [9.17, 15) is 4.39 Å². The van der Waals surface area contributed by atoms with Crippen molar-refractivity contribution in [3.8, 4) is 5.75 Å². The van der Waals surface area contributed by atoms with E-state index in [4.69, 9.17) is 4.74 Å². The summed E-state index contributed by atoms with van der Waals surface area (Å²) in [5, 5.41) is 3.41. The van der Waals surface area contributed by atoms with E-state index in [0.29, 0.717) is 11.7 Å². The summed E-state index contributed by atoms with van der Waals surface area (Å²) in [7, 11) is 1.48. The molecule has 102 valence electrons. The molecule has 1 N–H and O–H groups in total. The third-order valence-corrected chi connectivity index (χ3v) is 3.06. The van der Waals surface area contributed by atoms with Crippen molar-refractivity contribution < 1.29 is 9.13 Å². The van der Waals surface area contributed by atoms with Gasteiger partial charge < -0.3 is 10.1 Å². The summed E-state index contributed by atoms with van der Waals surface area (Å²) in [6.07, 6.45) is 2.16. The van der Waals surface area contributed by atoms with Crippen LogP contribution in [-0.4, -0.2) is 13.7 Å². The third kappa shape index (κ3) is 4.30. The molecule has 1 atom stereocenters. The topological polar surface area (TPSA) is 21.3 Å². The lowest BCUT2D eigenvalue weighted by Gasteiger charge is -2.20. The second kappa shape index (κ2) is 7.37. The molecule has 0 radical (unpaired) electrons. The normalized spacial score (nSPS) is 12.8. The molecule has 0 aliphatic carbocycles. The van der Waals surface area contributed by atoms with Gasteiger partial charge in [-0.3, -0.25) is 0 Å². The zero-order valence-electron chi connectivity index (χ0n) is 11.8. The number of hydrogen-bond acceptors (Lipinski definition) is 2. The van der Waals surface area contributed by atoms with E-state index in [1.807, 2.05) is 6.07 Å². The number of benzene rings is 1. The maximum atomic E-state index is 13.7. The van der Waals surface area contributed by atoms with Gasteiger partial charge in [0.05, 0.1) is 7.11 Å². The monoisotopic (exact) mass is 253 g/mol. The Hall–Kier alpha value is -1.09. The van der Waals surface area contributed by atoms with Crippen LogP contribution in [0.5, 0.6) is 5.75 Å². The first-order valence-corrected chi connectivity index (χ1v) is 6.65. The fourth-order valence-electron chi connectivity index (χ4n) is 2.03. The minimum atomic E-state index is -0.289. The summed E-state index contributed by atoms with van der Waals surface area (Å²) >= 11 is 0. The minimum absolute atomic E-state index is 0.220. The highest BCUT2D eigenvalue weighted by Crippen LogP contribution is 2.25. The Morgan fingerprint density at radius 3 is 2.50 bits per heavy atom. The summed E-state index contributed by atoms with van der Waals surface area (Å²) in [4.78, 5) is 0. The van der Waals surface area contributed by atoms with Crippen LogP contribution in [0.1, 0.15) is 45.2 Å². The van der Waals surface area contributed by atoms with Gasteiger partial charge in [-0.15, -0.1) is 0 Å². The predicted molar refractivity (Wildman–Crippen MR) is 73.4 cm³/mol. The molecule has 0 heterocycles. The zero-order valence-corrected chi connectivity index (χ0v) is 11.8. The van der Waals surface area contributed by atoms with Crippen LogP contribution in [0.2, 0.25) is 0 Å². The number of halogens is 1. The molecule has 0 aliphatic rings. The zero-order chi connectivity index (χ0) is 13.5. The van der Waals surface area contributed by atoms with Gasteiger partial charge in [0.15, 0.2) is 11.6 Å². The Balaban J connectivity index is 2.81. The largest absolute Gasteiger partial charge is 0.494 e. The van der Waals surface area contributed by atoms with Crippen molar-refractivity contribution in [1.82, 2.24) is 5.32 Å². The summed E-state index contributed by atoms with van der Waals surface area (Å²) in [6.45, 7) is 7.37. The van der Waals surface area contributed by atoms with Crippen LogP contribution < -0.4 is 10.1 Å². The van der Waals surface area contributed by atoms with Crippen molar-refractivity contribution in [1.29, 1.82) is 0 Å². The smallest absolute Gasteiger partial charge is 0.165 e. The fourth-order valence-corrected chi connectivity index (χ4v) is 2.03. The van der Waals surface area contributed by atoms with Crippen molar-refractivity contribution >= 4 is 0 Å². The van der Waals surface area contributed by atoms with E-state index in [1.54, 1.807) is 12.1 Å². The average molecular weight is 253 g/mol. The molecule has 18 heavy (non-hydrogen) atoms. The Bertz CT molecular complexity index is 366. The van der Waals surface area contributed by atoms with Crippen molar-refractivity contribution in [2.75, 3.05) is 13.7 Å². The van der Waals surface area contributed by atoms with Crippen molar-refractivity contribution in [2.24, 2.45) is 5.92 Å². The minimum Gasteiger partial charge on any atom is -0.494 e. The van der Waals surface area contributed by atoms with Gasteiger partial charge in [-0.25, -0.2) is 4.39 Å². The Kier molecular flexibility index (Phi) is 6.13. The summed E-state index contributed by atoms with van der Waals surface area (Å²) in [6, 6.07) is 5.43. The molecule has 0 bridgehead atoms. The molecule has 0 saturated carbocycles. The standard InChI is InChI=1S/C15H24FNO/c1-5-17-14(8-6-11(2)3)12-7-9-15(18-4)13(16)10-12/h7,9-11,14,17H,5-6,8H2,1-4H3. The molecule has 1 unspecified atom stereocenters. The van der Waals surface area contributed by atoms with Crippen LogP contribution >= 0.6 is 0 Å². The maximum absolute atomic E-state index is 13.7. The summed E-state index contributed by atoms with van der Waals surface area (Å²) < 4.78 is 18.6. The van der Waals surface area contributed by atoms with E-state index in [-0.39, 0.29) is 11.9 Å². The molecular formula is C15H24FNO. The van der Waals surface area contributed by atoms with E-state index >= 15 is 0 Å². The SMILES string of the molecule is CCNC(CCC(C)C)c1ccc(OC)c(F)c1. The van der Waals surface area contributed by atoms with Crippen molar-refractivity contribution in [2.45, 2.75) is 39.7 Å². The number of ether oxygens (including phenoxy) is 1. The Labute approximate surface area is 110 Å². The summed E-state index contributed by atoms with van der Waals surface area (Å²) in [5.74, 6) is 0.676. The molecule has 1 aromatic rings. The Morgan fingerprint density at radius 1 is 1.28 bits per heavy atom. The van der Waals surface area contributed by atoms with Crippen molar-refractivity contribution in [3.63, 3.8) is 0 Å². The first kappa shape index (κ1) is 15.0. The summed E-state index contributed by atoms with van der Waals surface area (Å²) in [5.41, 5.74) is 0.996. The van der Waals surface area contributed by atoms with Gasteiger partial charge in [0, 0.05) is 6.04 Å². The average Bonchev–Trinajstić information content (AvgIpc) is 2.34. The van der Waals surface area contributed by atoms with E-state index in [1.165, 1.54) is 7.11 Å². The van der Waals surface area contributed by atoms with Crippen LogP contribution in [0.15, 0.2) is 18.2 Å². The molecule has 2 nitrogen and oxygen atoms in total. The van der Waals surface area contributed by atoms with Crippen LogP contribution in [0.25, 0.3) is 0 Å². The molecule has 0 aliphatic heterocycles. The van der Waals surface area contributed by atoms with Crippen LogP contribution in [0.3, 0.4) is 0 Å². The predicted octanol–water partition coefficient (Wildman–Crippen LogP) is 3.92. The molecule has 1 aromatic carbocycles. The Morgan fingerprint density at radius 2 is 2.00 bits per heavy atom. The lowest BCUT2D eigenvalue weighted by Crippen LogP contribution is -2.21. The molecule has 1 rings (SSSR count). The van der Waals surface area contributed by atoms with Gasteiger partial charge in [-0.1, -0.05) is 26.8 Å². The quantitative estimate of drug-likeness (QED) is 0.795. The molecule has 3 heteroatoms. The molecular weight excluding hydrogens is 229 g/mol. The van der Waals surface area contributed by atoms with Crippen LogP contribution in [0, 0.1) is 11.7 Å². The van der Waals surface area contributed by atoms with E-state index < -0.39 is 0 Å². The number of methoxy groups -OCH3 is 1. The van der Waals surface area contributed by atoms with Gasteiger partial charge in [-0.05, 0) is 43.0 Å². The lowest BCUT2D eigenvalue weighted by molar-refractivity contribution is 0.384. The van der Waals surface area contributed by atoms with E-state index in [2.05, 4.69) is 26.1 Å². The van der Waals surface area contributed by atoms with Gasteiger partial charge >= 0.3 is 0 Å². The van der Waals surface area contributed by atoms with Crippen LogP contribution in [0.4, 0.5) is 4.39 Å². The second-order valence-corrected chi connectivity index (χ2v) is 4.98. The molecule has 0 spiro atoms. The lowest BCUT2D eigenvalue weighted by atomic mass is 9.97. The third-order valence-electron chi connectivity index (χ3n) is 3.06. The van der Waals surface area contributed by atoms with Gasteiger partial charge in [-0.2, -0.15) is 0 Å². The number of rotatable bonds is 7. The van der Waals surface area contributed by atoms with Gasteiger partial charge in [0.2, 0.25) is 0 Å². The molecule has 0 amide bonds. The molecule has 0 aromatic heterocycles. The highest BCUT2D eigenvalue weighted by molar-refractivity contribution is 5.31. The first-order chi connectivity index (χ1) is 8.58. The number of nitrogens with one attached hydrogen (secondary N) is 1. The van der Waals surface area contributed by atoms with Crippen LogP contribution in [-0.2, 0) is 0 Å². The fraction of sp³-hybridized carbons (Fsp3) is 0.600. The highest BCUT2D eigenvalue weighted by atomic mass is 19.1. The van der Waals surface area contributed by atoms with Crippen molar-refractivity contribution in [3.05, 3.63) is 29.6 Å². The second-order valence-electron chi connectivity index (χ2n) is 4.98. The van der Waals surface area contributed by atoms with Gasteiger partial charge in [0.1, 0.15) is 0 Å². The molecule has 0 saturated heterocycles. The number of hydrogen-bond donors (Lipinski definition) is 1. The van der Waals surface area contributed by atoms with Gasteiger partial charge in [0.25, 0.3) is 0 Å². The first-order valence-electron chi connectivity index (χ1n) is 6.65. The molecule has 0 fully saturated rings. The van der Waals surface area contributed by atoms with E-state index in [0.717, 1.165) is 24.9 Å². The maximum Gasteiger partial charge on any atom is 0.165 e.